The molecule has 1 rings (SSSR count). The molecule has 27 heavy (non-hydrogen) atoms. The number of carbonyl (C=O) groups is 4. The number of carbonyl (C=O) groups excluding carboxylic acids is 4. The summed E-state index contributed by atoms with van der Waals surface area (Å²) in [5.41, 5.74) is 0.408. The average Bonchev–Trinajstić information content (AvgIpc) is 2.64. The third-order valence-corrected chi connectivity index (χ3v) is 2.42. The molecule has 0 heterocycles. The number of benzene rings is 1. The molecule has 0 bridgehead atoms. The molecule has 0 spiro atoms. The Labute approximate surface area is 191 Å². The predicted octanol–water partition coefficient (Wildman–Crippen LogP) is -1.06. The van der Waals surface area contributed by atoms with E-state index in [-0.39, 0.29) is 60.0 Å². The van der Waals surface area contributed by atoms with Crippen molar-refractivity contribution in [2.75, 3.05) is 14.1 Å². The van der Waals surface area contributed by atoms with Gasteiger partial charge in [0, 0.05) is 25.2 Å². The summed E-state index contributed by atoms with van der Waals surface area (Å²) in [6, 6.07) is 5.43. The molecular formula is C12H10BaN6O8. The van der Waals surface area contributed by atoms with Gasteiger partial charge < -0.3 is 19.8 Å². The van der Waals surface area contributed by atoms with Gasteiger partial charge >= 0.3 is 48.9 Å². The van der Waals surface area contributed by atoms with Crippen molar-refractivity contribution < 1.29 is 29.4 Å². The van der Waals surface area contributed by atoms with Crippen molar-refractivity contribution in [3.8, 4) is 0 Å². The first kappa shape index (κ1) is 26.7. The molecule has 0 aliphatic heterocycles. The third kappa shape index (κ3) is 10.3. The monoisotopic (exact) mass is 504 g/mol. The molecule has 0 aromatic heterocycles. The Hall–Kier alpha value is -2.53. The van der Waals surface area contributed by atoms with Crippen LogP contribution in [-0.4, -0.2) is 97.0 Å². The summed E-state index contributed by atoms with van der Waals surface area (Å²) in [6.07, 6.45) is -3.82. The molecule has 15 heteroatoms. The number of azo groups is 1. The summed E-state index contributed by atoms with van der Waals surface area (Å²) in [5.74, 6) is -1.18. The predicted molar refractivity (Wildman–Crippen MR) is 83.6 cm³/mol. The van der Waals surface area contributed by atoms with Crippen LogP contribution in [0.15, 0.2) is 45.1 Å². The Balaban J connectivity index is 0. The minimum Gasteiger partial charge on any atom is -0.527 e. The molecule has 1 aromatic rings. The van der Waals surface area contributed by atoms with Gasteiger partial charge in [0.25, 0.3) is 11.8 Å². The zero-order valence-corrected chi connectivity index (χ0v) is 18.4. The molecule has 0 aliphatic carbocycles. The second-order valence-electron chi connectivity index (χ2n) is 4.13. The molecular weight excluding hydrogens is 493 g/mol. The molecule has 0 aliphatic rings. The van der Waals surface area contributed by atoms with Crippen LogP contribution in [0.2, 0.25) is 0 Å². The fourth-order valence-electron chi connectivity index (χ4n) is 1.28. The van der Waals surface area contributed by atoms with Gasteiger partial charge in [-0.2, -0.15) is 10.0 Å². The van der Waals surface area contributed by atoms with Crippen LogP contribution in [-0.2, 0) is 0 Å². The minimum absolute atomic E-state index is 0. The Bertz CT molecular complexity index is 677. The van der Waals surface area contributed by atoms with Gasteiger partial charge in [0.2, 0.25) is 0 Å². The van der Waals surface area contributed by atoms with Gasteiger partial charge in [-0.1, -0.05) is 0 Å². The summed E-state index contributed by atoms with van der Waals surface area (Å²) in [4.78, 5) is 61.9. The van der Waals surface area contributed by atoms with E-state index < -0.39 is 24.0 Å². The van der Waals surface area contributed by atoms with E-state index in [0.717, 1.165) is 0 Å². The van der Waals surface area contributed by atoms with Crippen LogP contribution in [0.4, 0.5) is 9.59 Å². The van der Waals surface area contributed by atoms with E-state index >= 15 is 0 Å². The van der Waals surface area contributed by atoms with Crippen molar-refractivity contribution in [3.63, 3.8) is 0 Å². The van der Waals surface area contributed by atoms with E-state index in [2.05, 4.69) is 20.8 Å². The first-order chi connectivity index (χ1) is 12.1. The van der Waals surface area contributed by atoms with Crippen LogP contribution in [0.25, 0.3) is 0 Å². The molecule has 138 valence electrons. The molecule has 0 N–H and O–H groups in total. The van der Waals surface area contributed by atoms with Crippen LogP contribution < -0.4 is 10.2 Å². The number of hydrogen-bond donors (Lipinski definition) is 0. The summed E-state index contributed by atoms with van der Waals surface area (Å²) in [5, 5.41) is 28.9. The van der Waals surface area contributed by atoms with Gasteiger partial charge in [-0.3, -0.25) is 9.59 Å². The van der Waals surface area contributed by atoms with Gasteiger partial charge in [-0.25, -0.2) is 0 Å². The zero-order valence-electron chi connectivity index (χ0n) is 14.0. The van der Waals surface area contributed by atoms with E-state index in [1.54, 1.807) is 0 Å². The first-order valence-electron chi connectivity index (χ1n) is 6.30. The van der Waals surface area contributed by atoms with Crippen LogP contribution in [0, 0.1) is 9.81 Å². The van der Waals surface area contributed by atoms with Gasteiger partial charge in [0.15, 0.2) is 12.2 Å². The summed E-state index contributed by atoms with van der Waals surface area (Å²) >= 11 is 0. The van der Waals surface area contributed by atoms with Crippen molar-refractivity contribution in [3.05, 3.63) is 45.2 Å². The smallest absolute Gasteiger partial charge is 0.527 e. The van der Waals surface area contributed by atoms with Gasteiger partial charge in [-0.05, 0) is 24.3 Å². The number of rotatable bonds is 4. The van der Waals surface area contributed by atoms with Crippen molar-refractivity contribution in [2.24, 2.45) is 20.8 Å². The first-order valence-corrected chi connectivity index (χ1v) is 6.30. The van der Waals surface area contributed by atoms with Crippen molar-refractivity contribution in [1.82, 2.24) is 10.0 Å². The maximum Gasteiger partial charge on any atom is 2.00 e. The van der Waals surface area contributed by atoms with Crippen LogP contribution in [0.1, 0.15) is 20.7 Å². The fourth-order valence-corrected chi connectivity index (χ4v) is 1.28. The summed E-state index contributed by atoms with van der Waals surface area (Å²) < 4.78 is 0. The van der Waals surface area contributed by atoms with Gasteiger partial charge in [-0.15, -0.1) is 20.0 Å². The van der Waals surface area contributed by atoms with Crippen molar-refractivity contribution in [1.29, 1.82) is 0 Å². The van der Waals surface area contributed by atoms with E-state index in [1.807, 2.05) is 0 Å². The maximum absolute atomic E-state index is 11.5. The molecule has 0 saturated heterocycles. The summed E-state index contributed by atoms with van der Waals surface area (Å²) in [6.45, 7) is 0. The molecule has 4 amide bonds. The Kier molecular flexibility index (Phi) is 13.5. The molecule has 0 fully saturated rings. The van der Waals surface area contributed by atoms with Crippen LogP contribution in [0.5, 0.6) is 0 Å². The van der Waals surface area contributed by atoms with E-state index in [4.69, 9.17) is 0 Å². The molecule has 0 saturated carbocycles. The van der Waals surface area contributed by atoms with E-state index in [1.165, 1.54) is 38.4 Å². The Morgan fingerprint density at radius 3 is 1.19 bits per heavy atom. The van der Waals surface area contributed by atoms with E-state index in [9.17, 15) is 39.2 Å². The largest absolute Gasteiger partial charge is 2.00 e. The quantitative estimate of drug-likeness (QED) is 0.214. The fraction of sp³-hybridized carbons (Fsp3) is 0.167. The topological polar surface area (TPSA) is 204 Å². The normalized spacial score (nSPS) is 9.11. The number of nitrogens with zero attached hydrogens (tertiary/aromatic N) is 6. The van der Waals surface area contributed by atoms with Crippen LogP contribution in [0.3, 0.4) is 0 Å². The third-order valence-electron chi connectivity index (χ3n) is 2.42. The number of hydrogen-bond acceptors (Lipinski definition) is 10. The SMILES string of the molecule is CN(N=O)C(=O)c1ccc(C(=O)N(C)N=O)cc1.O=C([O-])/N=N/C(=O)[O-].[Ba+2]. The van der Waals surface area contributed by atoms with Gasteiger partial charge in [0.05, 0.1) is 10.6 Å². The molecule has 0 radical (unpaired) electrons. The molecule has 1 aromatic carbocycles. The Morgan fingerprint density at radius 1 is 0.741 bits per heavy atom. The average molecular weight is 504 g/mol. The van der Waals surface area contributed by atoms with E-state index in [0.29, 0.717) is 10.0 Å². The minimum atomic E-state index is -1.91. The van der Waals surface area contributed by atoms with Crippen molar-refractivity contribution in [2.45, 2.75) is 0 Å². The molecule has 14 nitrogen and oxygen atoms in total. The number of amides is 4. The molecule has 0 atom stereocenters. The van der Waals surface area contributed by atoms with Gasteiger partial charge in [0.1, 0.15) is 0 Å². The van der Waals surface area contributed by atoms with Crippen molar-refractivity contribution >= 4 is 72.9 Å². The number of nitroso groups, excluding NO2 is 2. The second kappa shape index (κ2) is 13.6. The zero-order chi connectivity index (χ0) is 20.3. The maximum atomic E-state index is 11.5. The summed E-state index contributed by atoms with van der Waals surface area (Å²) in [7, 11) is 2.44. The second-order valence-corrected chi connectivity index (χ2v) is 4.13. The standard InChI is InChI=1S/C10H10N4O4.C2H2N2O4.Ba/c1-13(11-17)9(15)7-3-5-8(6-4-7)10(16)14(2)12-18;5-1(6)3-4-2(7)8;/h3-6H,1-2H3;(H,5,6)(H,7,8);/q;;+2/p-2/b;4-3+;. The molecule has 0 unspecified atom stereocenters. The van der Waals surface area contributed by atoms with Crippen LogP contribution >= 0.6 is 0 Å². The number of carboxylic acid groups (broad SMARTS) is 2. The Morgan fingerprint density at radius 2 is 1.00 bits per heavy atom.